The van der Waals surface area contributed by atoms with E-state index < -0.39 is 0 Å². The number of carbonyl (C=O) groups is 1. The number of fused-ring (bicyclic) bond motifs is 1. The molecule has 0 saturated heterocycles. The van der Waals surface area contributed by atoms with Gasteiger partial charge in [-0.1, -0.05) is 18.2 Å². The third-order valence-corrected chi connectivity index (χ3v) is 5.18. The quantitative estimate of drug-likeness (QED) is 0.601. The summed E-state index contributed by atoms with van der Waals surface area (Å²) in [6.07, 6.45) is 4.44. The minimum atomic E-state index is -0.345. The van der Waals surface area contributed by atoms with Crippen LogP contribution in [0.4, 0.5) is 17.1 Å². The van der Waals surface area contributed by atoms with Gasteiger partial charge in [0.1, 0.15) is 5.92 Å². The van der Waals surface area contributed by atoms with E-state index in [4.69, 9.17) is 0 Å². The molecule has 1 aliphatic rings. The van der Waals surface area contributed by atoms with Crippen LogP contribution in [0.15, 0.2) is 65.8 Å². The first-order valence-electron chi connectivity index (χ1n) is 9.81. The van der Waals surface area contributed by atoms with Crippen LogP contribution in [0.5, 0.6) is 0 Å². The fraction of sp³-hybridized carbons (Fsp3) is 0.208. The van der Waals surface area contributed by atoms with Crippen LogP contribution in [-0.2, 0) is 11.2 Å². The number of rotatable bonds is 6. The van der Waals surface area contributed by atoms with E-state index in [9.17, 15) is 4.79 Å². The second-order valence-electron chi connectivity index (χ2n) is 7.28. The summed E-state index contributed by atoms with van der Waals surface area (Å²) >= 11 is 0. The number of pyridine rings is 1. The van der Waals surface area contributed by atoms with Crippen molar-refractivity contribution >= 4 is 29.2 Å². The SMILES string of the molecule is Cc1cc(N=CC2C(=O)Nc3cccc(C)c32)ccc1NCCc1ccccn1. The van der Waals surface area contributed by atoms with Crippen LogP contribution in [0.25, 0.3) is 0 Å². The second-order valence-corrected chi connectivity index (χ2v) is 7.28. The summed E-state index contributed by atoms with van der Waals surface area (Å²) in [6, 6.07) is 17.9. The highest BCUT2D eigenvalue weighted by atomic mass is 16.2. The zero-order valence-electron chi connectivity index (χ0n) is 16.6. The molecule has 29 heavy (non-hydrogen) atoms. The maximum Gasteiger partial charge on any atom is 0.237 e. The van der Waals surface area contributed by atoms with E-state index in [0.29, 0.717) is 0 Å². The van der Waals surface area contributed by atoms with E-state index in [1.54, 1.807) is 6.21 Å². The Balaban J connectivity index is 1.43. The Morgan fingerprint density at radius 3 is 2.79 bits per heavy atom. The molecule has 5 nitrogen and oxygen atoms in total. The molecule has 0 bridgehead atoms. The molecule has 0 radical (unpaired) electrons. The van der Waals surface area contributed by atoms with Crippen LogP contribution in [0.2, 0.25) is 0 Å². The lowest BCUT2D eigenvalue weighted by Gasteiger charge is -2.10. The highest BCUT2D eigenvalue weighted by Crippen LogP contribution is 2.34. The van der Waals surface area contributed by atoms with Gasteiger partial charge in [-0.3, -0.25) is 14.8 Å². The van der Waals surface area contributed by atoms with Gasteiger partial charge in [0.15, 0.2) is 0 Å². The predicted octanol–water partition coefficient (Wildman–Crippen LogP) is 4.79. The molecule has 3 aromatic rings. The van der Waals surface area contributed by atoms with Gasteiger partial charge >= 0.3 is 0 Å². The average molecular weight is 384 g/mol. The summed E-state index contributed by atoms with van der Waals surface area (Å²) in [4.78, 5) is 21.3. The minimum Gasteiger partial charge on any atom is -0.384 e. The number of nitrogens with zero attached hydrogens (tertiary/aromatic N) is 2. The average Bonchev–Trinajstić information content (AvgIpc) is 3.05. The number of nitrogens with one attached hydrogen (secondary N) is 2. The molecule has 1 aliphatic heterocycles. The van der Waals surface area contributed by atoms with E-state index >= 15 is 0 Å². The summed E-state index contributed by atoms with van der Waals surface area (Å²) in [5, 5.41) is 6.39. The third-order valence-electron chi connectivity index (χ3n) is 5.18. The third kappa shape index (κ3) is 4.19. The lowest BCUT2D eigenvalue weighted by atomic mass is 9.97. The maximum absolute atomic E-state index is 12.3. The van der Waals surface area contributed by atoms with Gasteiger partial charge in [-0.2, -0.15) is 0 Å². The first-order valence-corrected chi connectivity index (χ1v) is 9.81. The van der Waals surface area contributed by atoms with Crippen molar-refractivity contribution in [1.82, 2.24) is 4.98 Å². The second kappa shape index (κ2) is 8.27. The zero-order valence-corrected chi connectivity index (χ0v) is 16.6. The first-order chi connectivity index (χ1) is 14.1. The van der Waals surface area contributed by atoms with Crippen molar-refractivity contribution in [2.45, 2.75) is 26.2 Å². The topological polar surface area (TPSA) is 66.4 Å². The standard InChI is InChI=1S/C24H24N4O/c1-16-6-5-8-22-23(16)20(24(29)28-22)15-27-19-9-10-21(17(2)14-19)26-13-11-18-7-3-4-12-25-18/h3-10,12,14-15,20,26H,11,13H2,1-2H3,(H,28,29). The highest BCUT2D eigenvalue weighted by molar-refractivity contribution is 6.13. The molecule has 5 heteroatoms. The van der Waals surface area contributed by atoms with E-state index in [1.807, 2.05) is 67.7 Å². The van der Waals surface area contributed by atoms with Crippen molar-refractivity contribution < 1.29 is 4.79 Å². The van der Waals surface area contributed by atoms with Crippen molar-refractivity contribution in [2.24, 2.45) is 4.99 Å². The van der Waals surface area contributed by atoms with E-state index in [-0.39, 0.29) is 11.8 Å². The van der Waals surface area contributed by atoms with Gasteiger partial charge in [0.25, 0.3) is 0 Å². The Hall–Kier alpha value is -3.47. The molecule has 0 spiro atoms. The molecule has 1 unspecified atom stereocenters. The van der Waals surface area contributed by atoms with Crippen LogP contribution in [0, 0.1) is 13.8 Å². The Morgan fingerprint density at radius 2 is 2.00 bits per heavy atom. The lowest BCUT2D eigenvalue weighted by Crippen LogP contribution is -2.13. The molecule has 1 atom stereocenters. The van der Waals surface area contributed by atoms with Gasteiger partial charge in [0, 0.05) is 42.4 Å². The monoisotopic (exact) mass is 384 g/mol. The lowest BCUT2D eigenvalue weighted by molar-refractivity contribution is -0.115. The summed E-state index contributed by atoms with van der Waals surface area (Å²) in [7, 11) is 0. The van der Waals surface area contributed by atoms with Crippen molar-refractivity contribution in [3.05, 3.63) is 83.2 Å². The molecule has 146 valence electrons. The summed E-state index contributed by atoms with van der Waals surface area (Å²) in [6.45, 7) is 4.90. The van der Waals surface area contributed by atoms with Gasteiger partial charge in [-0.25, -0.2) is 0 Å². The summed E-state index contributed by atoms with van der Waals surface area (Å²) < 4.78 is 0. The maximum atomic E-state index is 12.3. The Kier molecular flexibility index (Phi) is 5.38. The highest BCUT2D eigenvalue weighted by Gasteiger charge is 2.30. The van der Waals surface area contributed by atoms with Gasteiger partial charge in [-0.05, 0) is 66.9 Å². The van der Waals surface area contributed by atoms with Gasteiger partial charge in [-0.15, -0.1) is 0 Å². The van der Waals surface area contributed by atoms with Crippen LogP contribution in [0.3, 0.4) is 0 Å². The van der Waals surface area contributed by atoms with Gasteiger partial charge in [0.05, 0.1) is 5.69 Å². The molecular weight excluding hydrogens is 360 g/mol. The fourth-order valence-electron chi connectivity index (χ4n) is 3.64. The first kappa shape index (κ1) is 18.9. The Bertz CT molecular complexity index is 1060. The smallest absolute Gasteiger partial charge is 0.237 e. The molecule has 2 N–H and O–H groups in total. The van der Waals surface area contributed by atoms with Crippen LogP contribution < -0.4 is 10.6 Å². The molecule has 4 rings (SSSR count). The summed E-state index contributed by atoms with van der Waals surface area (Å²) in [5.74, 6) is -0.370. The number of hydrogen-bond acceptors (Lipinski definition) is 4. The number of carbonyl (C=O) groups excluding carboxylic acids is 1. The fourth-order valence-corrected chi connectivity index (χ4v) is 3.64. The van der Waals surface area contributed by atoms with Crippen LogP contribution in [0.1, 0.15) is 28.3 Å². The van der Waals surface area contributed by atoms with E-state index in [0.717, 1.165) is 52.4 Å². The number of aliphatic imine (C=N–C) groups is 1. The van der Waals surface area contributed by atoms with Crippen molar-refractivity contribution in [2.75, 3.05) is 17.2 Å². The van der Waals surface area contributed by atoms with Gasteiger partial charge < -0.3 is 10.6 Å². The molecular formula is C24H24N4O. The number of hydrogen-bond donors (Lipinski definition) is 2. The molecule has 1 amide bonds. The number of benzene rings is 2. The van der Waals surface area contributed by atoms with E-state index in [2.05, 4.69) is 27.5 Å². The number of aromatic nitrogens is 1. The minimum absolute atomic E-state index is 0.0254. The largest absolute Gasteiger partial charge is 0.384 e. The molecule has 0 saturated carbocycles. The molecule has 1 aromatic heterocycles. The summed E-state index contributed by atoms with van der Waals surface area (Å²) in [5.41, 5.74) is 7.12. The Labute approximate surface area is 170 Å². The Morgan fingerprint density at radius 1 is 1.10 bits per heavy atom. The predicted molar refractivity (Wildman–Crippen MR) is 118 cm³/mol. The number of anilines is 2. The van der Waals surface area contributed by atoms with Crippen molar-refractivity contribution in [3.63, 3.8) is 0 Å². The van der Waals surface area contributed by atoms with Crippen molar-refractivity contribution in [1.29, 1.82) is 0 Å². The van der Waals surface area contributed by atoms with Crippen LogP contribution >= 0.6 is 0 Å². The van der Waals surface area contributed by atoms with Crippen molar-refractivity contribution in [3.8, 4) is 0 Å². The normalized spacial score (nSPS) is 15.4. The zero-order chi connectivity index (χ0) is 20.2. The molecule has 2 heterocycles. The van der Waals surface area contributed by atoms with Crippen LogP contribution in [-0.4, -0.2) is 23.7 Å². The van der Waals surface area contributed by atoms with Gasteiger partial charge in [0.2, 0.25) is 5.91 Å². The molecule has 0 aliphatic carbocycles. The molecule has 0 fully saturated rings. The van der Waals surface area contributed by atoms with E-state index in [1.165, 1.54) is 0 Å². The number of aryl methyl sites for hydroxylation is 2. The number of amides is 1. The molecule has 2 aromatic carbocycles.